The molecule has 21 heavy (non-hydrogen) atoms. The van der Waals surface area contributed by atoms with Crippen molar-refractivity contribution >= 4 is 22.1 Å². The van der Waals surface area contributed by atoms with Crippen molar-refractivity contribution in [3.63, 3.8) is 0 Å². The van der Waals surface area contributed by atoms with E-state index in [1.165, 1.54) is 0 Å². The molecule has 5 unspecified atom stereocenters. The van der Waals surface area contributed by atoms with Crippen LogP contribution in [0.5, 0.6) is 0 Å². The molecule has 1 heterocycles. The minimum absolute atomic E-state index is 0.0474. The number of hydrogen-bond acceptors (Lipinski definition) is 7. The Hall–Kier alpha value is -1.41. The topological polar surface area (TPSA) is 96.0 Å². The zero-order chi connectivity index (χ0) is 15.4. The molecule has 2 bridgehead atoms. The molecule has 5 atom stereocenters. The number of carbonyl (C=O) groups is 2. The van der Waals surface area contributed by atoms with E-state index < -0.39 is 45.6 Å². The van der Waals surface area contributed by atoms with Gasteiger partial charge < -0.3 is 9.47 Å². The minimum atomic E-state index is -3.56. The summed E-state index contributed by atoms with van der Waals surface area (Å²) >= 11 is 0. The van der Waals surface area contributed by atoms with Gasteiger partial charge in [-0.3, -0.25) is 4.18 Å². The van der Waals surface area contributed by atoms with Crippen molar-refractivity contribution in [2.24, 2.45) is 11.8 Å². The Morgan fingerprint density at radius 1 is 1.43 bits per heavy atom. The van der Waals surface area contributed by atoms with Crippen molar-refractivity contribution < 1.29 is 31.7 Å². The fourth-order valence-electron chi connectivity index (χ4n) is 3.80. The Balaban J connectivity index is 1.70. The Bertz CT molecular complexity index is 610. The van der Waals surface area contributed by atoms with Gasteiger partial charge >= 0.3 is 11.9 Å². The van der Waals surface area contributed by atoms with E-state index in [1.54, 1.807) is 6.92 Å². The molecule has 3 aliphatic rings. The SMILES string of the molecule is C=CC(=O)OCC(=O)OC1(C)C2CC3C1OS(=O)(=O)C3C2. The molecule has 0 radical (unpaired) electrons. The summed E-state index contributed by atoms with van der Waals surface area (Å²) in [6.07, 6.45) is 1.43. The molecule has 0 aromatic heterocycles. The number of carbonyl (C=O) groups excluding carboxylic acids is 2. The first kappa shape index (κ1) is 14.5. The summed E-state index contributed by atoms with van der Waals surface area (Å²) in [6.45, 7) is 4.38. The highest BCUT2D eigenvalue weighted by atomic mass is 32.2. The van der Waals surface area contributed by atoms with E-state index in [4.69, 9.17) is 8.92 Å². The summed E-state index contributed by atoms with van der Waals surface area (Å²) in [7, 11) is -3.56. The molecule has 3 fully saturated rings. The monoisotopic (exact) mass is 316 g/mol. The van der Waals surface area contributed by atoms with Crippen LogP contribution in [0.3, 0.4) is 0 Å². The van der Waals surface area contributed by atoms with Crippen LogP contribution in [0.15, 0.2) is 12.7 Å². The van der Waals surface area contributed by atoms with Crippen molar-refractivity contribution in [2.45, 2.75) is 36.7 Å². The van der Waals surface area contributed by atoms with Crippen LogP contribution in [-0.4, -0.2) is 43.9 Å². The molecule has 0 amide bonds. The van der Waals surface area contributed by atoms with Gasteiger partial charge in [-0.1, -0.05) is 6.58 Å². The highest BCUT2D eigenvalue weighted by Gasteiger charge is 2.70. The molecule has 8 heteroatoms. The average molecular weight is 316 g/mol. The van der Waals surface area contributed by atoms with Gasteiger partial charge in [-0.05, 0) is 19.8 Å². The van der Waals surface area contributed by atoms with Gasteiger partial charge in [0.25, 0.3) is 10.1 Å². The summed E-state index contributed by atoms with van der Waals surface area (Å²) in [5.74, 6) is -1.60. The lowest BCUT2D eigenvalue weighted by atomic mass is 9.83. The van der Waals surface area contributed by atoms with Gasteiger partial charge in [-0.25, -0.2) is 9.59 Å². The van der Waals surface area contributed by atoms with E-state index in [2.05, 4.69) is 11.3 Å². The van der Waals surface area contributed by atoms with Gasteiger partial charge in [0.2, 0.25) is 0 Å². The Labute approximate surface area is 122 Å². The lowest BCUT2D eigenvalue weighted by Gasteiger charge is -2.35. The summed E-state index contributed by atoms with van der Waals surface area (Å²) in [4.78, 5) is 22.7. The van der Waals surface area contributed by atoms with Crippen LogP contribution < -0.4 is 0 Å². The molecule has 116 valence electrons. The van der Waals surface area contributed by atoms with Crippen LogP contribution in [0.25, 0.3) is 0 Å². The van der Waals surface area contributed by atoms with Gasteiger partial charge in [0.1, 0.15) is 11.7 Å². The maximum absolute atomic E-state index is 11.9. The highest BCUT2D eigenvalue weighted by molar-refractivity contribution is 7.87. The Kier molecular flexibility index (Phi) is 3.14. The lowest BCUT2D eigenvalue weighted by molar-refractivity contribution is -0.179. The van der Waals surface area contributed by atoms with E-state index in [-0.39, 0.29) is 11.8 Å². The van der Waals surface area contributed by atoms with Crippen molar-refractivity contribution in [1.29, 1.82) is 0 Å². The van der Waals surface area contributed by atoms with Crippen LogP contribution in [0, 0.1) is 11.8 Å². The van der Waals surface area contributed by atoms with E-state index >= 15 is 0 Å². The number of hydrogen-bond donors (Lipinski definition) is 0. The second kappa shape index (κ2) is 4.54. The second-order valence-corrected chi connectivity index (χ2v) is 7.63. The molecule has 2 saturated carbocycles. The van der Waals surface area contributed by atoms with Crippen molar-refractivity contribution in [2.75, 3.05) is 6.61 Å². The number of ether oxygens (including phenoxy) is 2. The largest absolute Gasteiger partial charge is 0.454 e. The maximum atomic E-state index is 11.9. The third-order valence-corrected chi connectivity index (χ3v) is 6.52. The first-order valence-electron chi connectivity index (χ1n) is 6.71. The van der Waals surface area contributed by atoms with Crippen LogP contribution >= 0.6 is 0 Å². The minimum Gasteiger partial charge on any atom is -0.454 e. The standard InChI is InChI=1S/C13H16O7S/c1-3-10(14)18-6-11(15)19-13(2)7-4-8-9(5-7)21(16,17)20-12(8)13/h3,7-9,12H,1,4-6H2,2H3. The van der Waals surface area contributed by atoms with Gasteiger partial charge in [-0.15, -0.1) is 0 Å². The van der Waals surface area contributed by atoms with Crippen LogP contribution in [0.1, 0.15) is 19.8 Å². The summed E-state index contributed by atoms with van der Waals surface area (Å²) < 4.78 is 38.9. The molecular weight excluding hydrogens is 300 g/mol. The molecule has 1 saturated heterocycles. The molecule has 0 spiro atoms. The number of rotatable bonds is 4. The van der Waals surface area contributed by atoms with Crippen molar-refractivity contribution in [3.8, 4) is 0 Å². The van der Waals surface area contributed by atoms with Crippen LogP contribution in [0.2, 0.25) is 0 Å². The summed E-state index contributed by atoms with van der Waals surface area (Å²) in [5, 5.41) is -0.474. The molecule has 0 N–H and O–H groups in total. The predicted molar refractivity (Wildman–Crippen MR) is 69.4 cm³/mol. The smallest absolute Gasteiger partial charge is 0.344 e. The van der Waals surface area contributed by atoms with Crippen LogP contribution in [0.4, 0.5) is 0 Å². The highest BCUT2D eigenvalue weighted by Crippen LogP contribution is 2.60. The predicted octanol–water partition coefficient (Wildman–Crippen LogP) is 0.155. The van der Waals surface area contributed by atoms with Crippen molar-refractivity contribution in [3.05, 3.63) is 12.7 Å². The summed E-state index contributed by atoms with van der Waals surface area (Å²) in [6, 6.07) is 0. The molecule has 7 nitrogen and oxygen atoms in total. The zero-order valence-electron chi connectivity index (χ0n) is 11.5. The first-order valence-corrected chi connectivity index (χ1v) is 8.18. The zero-order valence-corrected chi connectivity index (χ0v) is 12.3. The Morgan fingerprint density at radius 3 is 2.81 bits per heavy atom. The second-order valence-electron chi connectivity index (χ2n) is 5.85. The van der Waals surface area contributed by atoms with Gasteiger partial charge in [-0.2, -0.15) is 8.42 Å². The van der Waals surface area contributed by atoms with E-state index in [9.17, 15) is 18.0 Å². The molecular formula is C13H16O7S. The van der Waals surface area contributed by atoms with E-state index in [0.717, 1.165) is 6.08 Å². The summed E-state index contributed by atoms with van der Waals surface area (Å²) in [5.41, 5.74) is -0.984. The van der Waals surface area contributed by atoms with E-state index in [1.807, 2.05) is 0 Å². The molecule has 0 aromatic rings. The quantitative estimate of drug-likeness (QED) is 0.414. The number of esters is 2. The van der Waals surface area contributed by atoms with E-state index in [0.29, 0.717) is 12.8 Å². The molecule has 0 aromatic carbocycles. The van der Waals surface area contributed by atoms with Gasteiger partial charge in [0.05, 0.1) is 5.25 Å². The van der Waals surface area contributed by atoms with Gasteiger partial charge in [0.15, 0.2) is 6.61 Å². The lowest BCUT2D eigenvalue weighted by Crippen LogP contribution is -2.49. The molecule has 3 rings (SSSR count). The van der Waals surface area contributed by atoms with Gasteiger partial charge in [0, 0.05) is 17.9 Å². The molecule has 2 aliphatic carbocycles. The first-order chi connectivity index (χ1) is 9.78. The van der Waals surface area contributed by atoms with Crippen LogP contribution in [-0.2, 0) is 33.4 Å². The maximum Gasteiger partial charge on any atom is 0.344 e. The van der Waals surface area contributed by atoms with Crippen molar-refractivity contribution in [1.82, 2.24) is 0 Å². The normalized spacial score (nSPS) is 41.8. The Morgan fingerprint density at radius 2 is 2.14 bits per heavy atom. The number of fused-ring (bicyclic) bond motifs is 1. The fraction of sp³-hybridized carbons (Fsp3) is 0.692. The molecule has 1 aliphatic heterocycles. The third-order valence-electron chi connectivity index (χ3n) is 4.76. The third kappa shape index (κ3) is 2.08. The fourth-order valence-corrected chi connectivity index (χ4v) is 5.71. The average Bonchev–Trinajstić information content (AvgIpc) is 3.01.